The number of amides is 1. The molecule has 5 N–H and O–H groups in total. The monoisotopic (exact) mass is 523 g/mol. The maximum Gasteiger partial charge on any atom is 0.287 e. The largest absolute Gasteiger partial charge is 0.451 e. The number of carbonyl (C=O) groups excluding carboxylic acids is 1. The van der Waals surface area contributed by atoms with Crippen LogP contribution in [0.5, 0.6) is 0 Å². The first kappa shape index (κ1) is 22.4. The number of nitriles is 1. The third-order valence-corrected chi connectivity index (χ3v) is 6.13. The Labute approximate surface area is 194 Å². The van der Waals surface area contributed by atoms with Gasteiger partial charge in [-0.1, -0.05) is 37.5 Å². The van der Waals surface area contributed by atoms with Crippen LogP contribution in [0.3, 0.4) is 0 Å². The molecule has 4 rings (SSSR count). The first-order chi connectivity index (χ1) is 14.0. The fraction of sp³-hybridized carbons (Fsp3) is 0.455. The van der Waals surface area contributed by atoms with Crippen molar-refractivity contribution in [2.45, 2.75) is 56.5 Å². The highest BCUT2D eigenvalue weighted by molar-refractivity contribution is 14.0. The van der Waals surface area contributed by atoms with E-state index in [1.54, 1.807) is 12.3 Å². The Hall–Kier alpha value is -2.25. The summed E-state index contributed by atoms with van der Waals surface area (Å²) in [5, 5.41) is 14.7. The van der Waals surface area contributed by atoms with Crippen molar-refractivity contribution in [3.63, 3.8) is 0 Å². The molecule has 2 aliphatic rings. The fourth-order valence-corrected chi connectivity index (χ4v) is 4.16. The number of hydrogen-bond donors (Lipinski definition) is 3. The zero-order valence-electron chi connectivity index (χ0n) is 16.8. The maximum absolute atomic E-state index is 12.9. The molecule has 30 heavy (non-hydrogen) atoms. The number of nitrogens with zero attached hydrogens (tertiary/aromatic N) is 2. The first-order valence-corrected chi connectivity index (χ1v) is 10.2. The second-order valence-electron chi connectivity index (χ2n) is 8.18. The molecule has 2 aromatic rings. The molecule has 1 amide bonds. The maximum atomic E-state index is 12.9. The predicted octanol–water partition coefficient (Wildman–Crippen LogP) is 4.01. The summed E-state index contributed by atoms with van der Waals surface area (Å²) in [5.41, 5.74) is 6.90. The van der Waals surface area contributed by atoms with E-state index >= 15 is 0 Å². The van der Waals surface area contributed by atoms with Gasteiger partial charge in [-0.05, 0) is 43.7 Å². The molecule has 2 fully saturated rings. The van der Waals surface area contributed by atoms with E-state index in [-0.39, 0.29) is 49.0 Å². The smallest absolute Gasteiger partial charge is 0.287 e. The molecule has 0 saturated heterocycles. The second-order valence-corrected chi connectivity index (χ2v) is 8.18. The highest BCUT2D eigenvalue weighted by atomic mass is 127. The van der Waals surface area contributed by atoms with Crippen LogP contribution in [-0.4, -0.2) is 22.5 Å². The van der Waals surface area contributed by atoms with Gasteiger partial charge in [-0.15, -0.1) is 24.0 Å². The van der Waals surface area contributed by atoms with Gasteiger partial charge in [0, 0.05) is 18.7 Å². The Morgan fingerprint density at radius 2 is 2.03 bits per heavy atom. The lowest BCUT2D eigenvalue weighted by atomic mass is 9.82. The van der Waals surface area contributed by atoms with E-state index in [1.165, 1.54) is 11.4 Å². The van der Waals surface area contributed by atoms with Crippen molar-refractivity contribution in [3.8, 4) is 6.07 Å². The summed E-state index contributed by atoms with van der Waals surface area (Å²) >= 11 is 0. The van der Waals surface area contributed by atoms with Gasteiger partial charge in [0.25, 0.3) is 5.91 Å². The number of fused-ring (bicyclic) bond motifs is 1. The van der Waals surface area contributed by atoms with Gasteiger partial charge in [0.1, 0.15) is 11.1 Å². The molecule has 162 valence electrons. The zero-order valence-corrected chi connectivity index (χ0v) is 19.2. The number of hydrogen-bond acceptors (Lipinski definition) is 6. The van der Waals surface area contributed by atoms with Crippen LogP contribution in [0, 0.1) is 17.2 Å². The highest BCUT2D eigenvalue weighted by Gasteiger charge is 2.47. The van der Waals surface area contributed by atoms with Gasteiger partial charge in [-0.3, -0.25) is 9.80 Å². The average Bonchev–Trinajstić information content (AvgIpc) is 3.43. The topological polar surface area (TPSA) is 121 Å². The van der Waals surface area contributed by atoms with Crippen molar-refractivity contribution in [1.29, 1.82) is 5.26 Å². The molecule has 0 unspecified atom stereocenters. The Morgan fingerprint density at radius 1 is 1.33 bits per heavy atom. The molecule has 1 aromatic carbocycles. The van der Waals surface area contributed by atoms with Crippen molar-refractivity contribution in [2.75, 3.05) is 0 Å². The van der Waals surface area contributed by atoms with Gasteiger partial charge in [-0.2, -0.15) is 5.26 Å². The molecule has 0 spiro atoms. The summed E-state index contributed by atoms with van der Waals surface area (Å²) in [6, 6.07) is 11.2. The number of rotatable bonds is 6. The molecule has 8 heteroatoms. The minimum atomic E-state index is -0.662. The number of hydrazine groups is 1. The summed E-state index contributed by atoms with van der Waals surface area (Å²) in [7, 11) is 0. The summed E-state index contributed by atoms with van der Waals surface area (Å²) in [6.45, 7) is 0. The number of benzene rings is 1. The van der Waals surface area contributed by atoms with E-state index in [9.17, 15) is 10.1 Å². The third kappa shape index (κ3) is 4.57. The van der Waals surface area contributed by atoms with Gasteiger partial charge < -0.3 is 15.5 Å². The van der Waals surface area contributed by atoms with Gasteiger partial charge in [0.2, 0.25) is 0 Å². The van der Waals surface area contributed by atoms with Crippen LogP contribution >= 0.6 is 24.0 Å². The van der Waals surface area contributed by atoms with Crippen molar-refractivity contribution in [1.82, 2.24) is 10.3 Å². The van der Waals surface area contributed by atoms with Crippen LogP contribution in [0.15, 0.2) is 46.6 Å². The van der Waals surface area contributed by atoms with E-state index < -0.39 is 5.54 Å². The molecule has 7 nitrogen and oxygen atoms in total. The van der Waals surface area contributed by atoms with Gasteiger partial charge in [0.15, 0.2) is 5.76 Å². The fourth-order valence-electron chi connectivity index (χ4n) is 4.16. The summed E-state index contributed by atoms with van der Waals surface area (Å²) < 4.78 is 5.71. The Kier molecular flexibility index (Phi) is 6.93. The molecule has 0 radical (unpaired) electrons. The van der Waals surface area contributed by atoms with E-state index in [0.29, 0.717) is 11.3 Å². The lowest BCUT2D eigenvalue weighted by molar-refractivity contribution is 0.0896. The molecule has 0 bridgehead atoms. The van der Waals surface area contributed by atoms with Gasteiger partial charge in [0.05, 0.1) is 12.1 Å². The second kappa shape index (κ2) is 9.27. The number of halogens is 1. The summed E-state index contributed by atoms with van der Waals surface area (Å²) in [5.74, 6) is 6.31. The number of nitrogens with two attached hydrogens (primary N) is 2. The van der Waals surface area contributed by atoms with Gasteiger partial charge >= 0.3 is 0 Å². The first-order valence-electron chi connectivity index (χ1n) is 10.2. The minimum Gasteiger partial charge on any atom is -0.451 e. The Morgan fingerprint density at radius 3 is 2.67 bits per heavy atom. The van der Waals surface area contributed by atoms with Crippen molar-refractivity contribution in [3.05, 3.63) is 48.0 Å². The van der Waals surface area contributed by atoms with E-state index in [1.807, 2.05) is 24.3 Å². The highest BCUT2D eigenvalue weighted by Crippen LogP contribution is 2.39. The Balaban J connectivity index is 0.00000171. The van der Waals surface area contributed by atoms with Crippen LogP contribution in [0.4, 0.5) is 0 Å². The van der Waals surface area contributed by atoms with Crippen molar-refractivity contribution >= 4 is 40.9 Å². The minimum absolute atomic E-state index is 0. The summed E-state index contributed by atoms with van der Waals surface area (Å²) in [4.78, 5) is 12.9. The van der Waals surface area contributed by atoms with Crippen LogP contribution in [-0.2, 0) is 0 Å². The Bertz CT molecular complexity index is 943. The summed E-state index contributed by atoms with van der Waals surface area (Å²) in [6.07, 6.45) is 8.49. The van der Waals surface area contributed by atoms with Crippen LogP contribution in [0.1, 0.15) is 56.9 Å². The zero-order chi connectivity index (χ0) is 20.4. The SMILES string of the molecule is I.N#CC1(N(N)/C=C(\N)[C@@H](NC(=O)c2cc3ccccc3o2)C2CCCCC2)CC1.[HH]. The lowest BCUT2D eigenvalue weighted by Gasteiger charge is -2.32. The van der Waals surface area contributed by atoms with Crippen molar-refractivity contribution < 1.29 is 10.6 Å². The van der Waals surface area contributed by atoms with Gasteiger partial charge in [-0.25, -0.2) is 5.84 Å². The average molecular weight is 523 g/mol. The molecule has 1 heterocycles. The van der Waals surface area contributed by atoms with Crippen LogP contribution in [0.25, 0.3) is 11.0 Å². The molecule has 2 saturated carbocycles. The van der Waals surface area contributed by atoms with E-state index in [0.717, 1.165) is 43.9 Å². The normalized spacial score (nSPS) is 19.4. The van der Waals surface area contributed by atoms with E-state index in [4.69, 9.17) is 16.0 Å². The molecule has 0 aliphatic heterocycles. The van der Waals surface area contributed by atoms with Crippen molar-refractivity contribution in [2.24, 2.45) is 17.5 Å². The molecule has 1 aromatic heterocycles. The number of nitrogens with one attached hydrogen (secondary N) is 1. The quantitative estimate of drug-likeness (QED) is 0.299. The molecule has 2 aliphatic carbocycles. The van der Waals surface area contributed by atoms with E-state index in [2.05, 4.69) is 11.4 Å². The van der Waals surface area contributed by atoms with Crippen LogP contribution in [0.2, 0.25) is 0 Å². The number of carbonyl (C=O) groups is 1. The third-order valence-electron chi connectivity index (χ3n) is 6.13. The molecular formula is C22H30IN5O2. The number of para-hydroxylation sites is 1. The molecule has 1 atom stereocenters. The lowest BCUT2D eigenvalue weighted by Crippen LogP contribution is -2.46. The predicted molar refractivity (Wildman–Crippen MR) is 127 cm³/mol. The standard InChI is InChI=1S/C22H27N5O2.HI.H2/c23-14-22(10-11-22)27(25)13-17(24)20(15-6-2-1-3-7-15)26-21(28)19-12-16-8-4-5-9-18(16)29-19;;/h4-5,8-9,12-13,15,20H,1-3,6-7,10-11,24-25H2,(H,26,28);2*1H/b17-13-;;/t20-;;/m0../s1. The number of furan rings is 1. The van der Waals surface area contributed by atoms with Crippen LogP contribution < -0.4 is 16.9 Å². The molecular weight excluding hydrogens is 493 g/mol.